The van der Waals surface area contributed by atoms with Crippen molar-refractivity contribution in [1.82, 2.24) is 9.78 Å². The summed E-state index contributed by atoms with van der Waals surface area (Å²) < 4.78 is 16.2. The highest BCUT2D eigenvalue weighted by atomic mass is 127. The summed E-state index contributed by atoms with van der Waals surface area (Å²) in [7, 11) is 1.65. The van der Waals surface area contributed by atoms with Crippen LogP contribution in [-0.2, 0) is 7.05 Å². The lowest BCUT2D eigenvalue weighted by molar-refractivity contribution is 0.421. The summed E-state index contributed by atoms with van der Waals surface area (Å²) in [6.45, 7) is 1.99. The van der Waals surface area contributed by atoms with Gasteiger partial charge < -0.3 is 10.4 Å². The SMILES string of the molecule is Cc1cc(I)ccc1Nc1cc(F)ccc1-c1cnn(C)c1O. The zero-order valence-corrected chi connectivity index (χ0v) is 14.8. The molecule has 2 aromatic carbocycles. The zero-order valence-electron chi connectivity index (χ0n) is 12.6. The normalized spacial score (nSPS) is 10.8. The summed E-state index contributed by atoms with van der Waals surface area (Å²) in [5.74, 6) is -0.304. The topological polar surface area (TPSA) is 50.1 Å². The Bertz CT molecular complexity index is 876. The highest BCUT2D eigenvalue weighted by molar-refractivity contribution is 14.1. The Balaban J connectivity index is 2.08. The summed E-state index contributed by atoms with van der Waals surface area (Å²) in [5.41, 5.74) is 3.77. The number of aryl methyl sites for hydroxylation is 2. The summed E-state index contributed by atoms with van der Waals surface area (Å²) in [4.78, 5) is 0. The molecule has 3 rings (SSSR count). The van der Waals surface area contributed by atoms with Gasteiger partial charge in [-0.2, -0.15) is 5.10 Å². The molecule has 2 N–H and O–H groups in total. The van der Waals surface area contributed by atoms with Crippen LogP contribution < -0.4 is 5.32 Å². The van der Waals surface area contributed by atoms with Crippen LogP contribution in [0.3, 0.4) is 0 Å². The van der Waals surface area contributed by atoms with E-state index in [-0.39, 0.29) is 11.7 Å². The van der Waals surface area contributed by atoms with Gasteiger partial charge in [-0.1, -0.05) is 0 Å². The van der Waals surface area contributed by atoms with Crippen molar-refractivity contribution in [2.24, 2.45) is 7.05 Å². The molecule has 0 saturated carbocycles. The summed E-state index contributed by atoms with van der Waals surface area (Å²) in [5, 5.41) is 17.4. The molecule has 0 aliphatic carbocycles. The summed E-state index contributed by atoms with van der Waals surface area (Å²) in [6, 6.07) is 10.4. The van der Waals surface area contributed by atoms with Gasteiger partial charge in [0.05, 0.1) is 11.8 Å². The van der Waals surface area contributed by atoms with Crippen LogP contribution in [0.2, 0.25) is 0 Å². The molecule has 0 saturated heterocycles. The first-order valence-corrected chi connectivity index (χ1v) is 8.07. The molecule has 23 heavy (non-hydrogen) atoms. The number of nitrogens with one attached hydrogen (secondary N) is 1. The van der Waals surface area contributed by atoms with E-state index < -0.39 is 0 Å². The largest absolute Gasteiger partial charge is 0.493 e. The van der Waals surface area contributed by atoms with E-state index in [0.29, 0.717) is 16.8 Å². The molecule has 3 aromatic rings. The highest BCUT2D eigenvalue weighted by Crippen LogP contribution is 2.36. The van der Waals surface area contributed by atoms with Gasteiger partial charge in [-0.15, -0.1) is 0 Å². The Kier molecular flexibility index (Phi) is 4.25. The molecule has 0 spiro atoms. The minimum absolute atomic E-state index is 0.0407. The minimum atomic E-state index is -0.345. The Morgan fingerprint density at radius 2 is 1.91 bits per heavy atom. The quantitative estimate of drug-likeness (QED) is 0.607. The molecule has 1 heterocycles. The molecule has 0 unspecified atom stereocenters. The Morgan fingerprint density at radius 1 is 1.13 bits per heavy atom. The van der Waals surface area contributed by atoms with E-state index in [1.165, 1.54) is 16.8 Å². The first kappa shape index (κ1) is 15.8. The van der Waals surface area contributed by atoms with Crippen molar-refractivity contribution in [3.8, 4) is 17.0 Å². The number of hydrogen-bond donors (Lipinski definition) is 2. The van der Waals surface area contributed by atoms with Crippen LogP contribution in [-0.4, -0.2) is 14.9 Å². The molecule has 0 atom stereocenters. The third-order valence-electron chi connectivity index (χ3n) is 3.64. The molecule has 0 aliphatic rings. The molecule has 0 amide bonds. The number of rotatable bonds is 3. The van der Waals surface area contributed by atoms with Gasteiger partial charge in [-0.25, -0.2) is 9.07 Å². The fourth-order valence-electron chi connectivity index (χ4n) is 2.39. The second-order valence-electron chi connectivity index (χ2n) is 5.28. The van der Waals surface area contributed by atoms with Crippen molar-refractivity contribution >= 4 is 34.0 Å². The van der Waals surface area contributed by atoms with E-state index in [0.717, 1.165) is 14.8 Å². The third-order valence-corrected chi connectivity index (χ3v) is 4.31. The van der Waals surface area contributed by atoms with Gasteiger partial charge in [-0.05, 0) is 71.5 Å². The molecule has 0 bridgehead atoms. The molecule has 118 valence electrons. The van der Waals surface area contributed by atoms with Gasteiger partial charge in [0.2, 0.25) is 5.88 Å². The average molecular weight is 423 g/mol. The van der Waals surface area contributed by atoms with E-state index in [9.17, 15) is 9.50 Å². The fraction of sp³-hybridized carbons (Fsp3) is 0.118. The van der Waals surface area contributed by atoms with Gasteiger partial charge in [0.1, 0.15) is 5.82 Å². The van der Waals surface area contributed by atoms with E-state index >= 15 is 0 Å². The smallest absolute Gasteiger partial charge is 0.217 e. The highest BCUT2D eigenvalue weighted by Gasteiger charge is 2.15. The number of aromatic hydroxyl groups is 1. The van der Waals surface area contributed by atoms with E-state index in [1.807, 2.05) is 25.1 Å². The number of anilines is 2. The molecule has 6 heteroatoms. The molecule has 0 aliphatic heterocycles. The molecule has 0 fully saturated rings. The fourth-order valence-corrected chi connectivity index (χ4v) is 3.04. The number of benzene rings is 2. The van der Waals surface area contributed by atoms with Crippen LogP contribution in [0, 0.1) is 16.3 Å². The second kappa shape index (κ2) is 6.19. The number of halogens is 2. The lowest BCUT2D eigenvalue weighted by Crippen LogP contribution is -1.97. The summed E-state index contributed by atoms with van der Waals surface area (Å²) >= 11 is 2.25. The standard InChI is InChI=1S/C17H15FIN3O/c1-10-7-12(19)4-6-15(10)21-16-8-11(18)3-5-13(16)14-9-20-22(2)17(14)23/h3-9,21,23H,1-2H3. The first-order valence-electron chi connectivity index (χ1n) is 7.00. The summed E-state index contributed by atoms with van der Waals surface area (Å²) in [6.07, 6.45) is 1.56. The van der Waals surface area contributed by atoms with Gasteiger partial charge in [0.15, 0.2) is 0 Å². The predicted molar refractivity (Wildman–Crippen MR) is 97.4 cm³/mol. The van der Waals surface area contributed by atoms with Crippen LogP contribution in [0.4, 0.5) is 15.8 Å². The van der Waals surface area contributed by atoms with Crippen molar-refractivity contribution in [3.05, 3.63) is 57.5 Å². The van der Waals surface area contributed by atoms with Gasteiger partial charge in [0.25, 0.3) is 0 Å². The molecule has 0 radical (unpaired) electrons. The Labute approximate surface area is 147 Å². The molecular weight excluding hydrogens is 408 g/mol. The number of hydrogen-bond acceptors (Lipinski definition) is 3. The lowest BCUT2D eigenvalue weighted by Gasteiger charge is -2.14. The second-order valence-corrected chi connectivity index (χ2v) is 6.53. The van der Waals surface area contributed by atoms with Gasteiger partial charge >= 0.3 is 0 Å². The minimum Gasteiger partial charge on any atom is -0.493 e. The Morgan fingerprint density at radius 3 is 2.57 bits per heavy atom. The lowest BCUT2D eigenvalue weighted by atomic mass is 10.1. The maximum Gasteiger partial charge on any atom is 0.217 e. The van der Waals surface area contributed by atoms with Crippen molar-refractivity contribution < 1.29 is 9.50 Å². The molecular formula is C17H15FIN3O. The van der Waals surface area contributed by atoms with Crippen molar-refractivity contribution in [2.75, 3.05) is 5.32 Å². The van der Waals surface area contributed by atoms with E-state index in [4.69, 9.17) is 0 Å². The van der Waals surface area contributed by atoms with E-state index in [1.54, 1.807) is 19.3 Å². The van der Waals surface area contributed by atoms with Crippen LogP contribution in [0.25, 0.3) is 11.1 Å². The third kappa shape index (κ3) is 3.17. The first-order chi connectivity index (χ1) is 11.0. The number of aromatic nitrogens is 2. The van der Waals surface area contributed by atoms with Crippen LogP contribution in [0.1, 0.15) is 5.56 Å². The maximum absolute atomic E-state index is 13.7. The van der Waals surface area contributed by atoms with Crippen molar-refractivity contribution in [1.29, 1.82) is 0 Å². The van der Waals surface area contributed by atoms with Gasteiger partial charge in [0, 0.05) is 27.6 Å². The monoisotopic (exact) mass is 423 g/mol. The average Bonchev–Trinajstić information content (AvgIpc) is 2.82. The van der Waals surface area contributed by atoms with E-state index in [2.05, 4.69) is 33.0 Å². The van der Waals surface area contributed by atoms with Crippen LogP contribution in [0.15, 0.2) is 42.6 Å². The maximum atomic E-state index is 13.7. The number of nitrogens with zero attached hydrogens (tertiary/aromatic N) is 2. The van der Waals surface area contributed by atoms with Crippen LogP contribution in [0.5, 0.6) is 5.88 Å². The van der Waals surface area contributed by atoms with Crippen LogP contribution >= 0.6 is 22.6 Å². The van der Waals surface area contributed by atoms with Crippen molar-refractivity contribution in [2.45, 2.75) is 6.92 Å². The van der Waals surface area contributed by atoms with Crippen molar-refractivity contribution in [3.63, 3.8) is 0 Å². The zero-order chi connectivity index (χ0) is 16.6. The predicted octanol–water partition coefficient (Wildman–Crippen LogP) is 4.59. The Hall–Kier alpha value is -2.09. The molecule has 4 nitrogen and oxygen atoms in total. The molecule has 1 aromatic heterocycles. The van der Waals surface area contributed by atoms with Gasteiger partial charge in [-0.3, -0.25) is 0 Å².